The monoisotopic (exact) mass is 366 g/mol. The van der Waals surface area contributed by atoms with E-state index in [4.69, 9.17) is 4.74 Å². The molecule has 0 bridgehead atoms. The van der Waals surface area contributed by atoms with Gasteiger partial charge in [0.05, 0.1) is 5.69 Å². The van der Waals surface area contributed by atoms with Crippen LogP contribution in [0.1, 0.15) is 61.6 Å². The van der Waals surface area contributed by atoms with Crippen molar-refractivity contribution < 1.29 is 14.3 Å². The van der Waals surface area contributed by atoms with E-state index in [2.05, 4.69) is 23.2 Å². The molecule has 0 saturated heterocycles. The number of nitrogens with one attached hydrogen (secondary N) is 1. The molecule has 0 fully saturated rings. The molecule has 0 atom stereocenters. The lowest BCUT2D eigenvalue weighted by atomic mass is 9.93. The van der Waals surface area contributed by atoms with E-state index in [9.17, 15) is 9.59 Å². The largest absolute Gasteiger partial charge is 0.444 e. The zero-order chi connectivity index (χ0) is 19.2. The van der Waals surface area contributed by atoms with Crippen LogP contribution in [0.4, 0.5) is 4.79 Å². The molecule has 4 rings (SSSR count). The molecule has 2 heterocycles. The highest BCUT2D eigenvalue weighted by atomic mass is 16.6. The molecule has 5 nitrogen and oxygen atoms in total. The Balaban J connectivity index is 1.61. The molecule has 1 aliphatic heterocycles. The zero-order valence-electron chi connectivity index (χ0n) is 16.2. The predicted octanol–water partition coefficient (Wildman–Crippen LogP) is 4.71. The molecule has 1 aromatic heterocycles. The first-order valence-corrected chi connectivity index (χ1v) is 9.67. The van der Waals surface area contributed by atoms with Crippen molar-refractivity contribution in [2.75, 3.05) is 13.1 Å². The van der Waals surface area contributed by atoms with Crippen LogP contribution in [0.2, 0.25) is 0 Å². The number of ketones is 1. The van der Waals surface area contributed by atoms with E-state index >= 15 is 0 Å². The molecule has 1 amide bonds. The maximum absolute atomic E-state index is 12.4. The van der Waals surface area contributed by atoms with Crippen LogP contribution in [-0.4, -0.2) is 40.5 Å². The van der Waals surface area contributed by atoms with Crippen molar-refractivity contribution in [3.63, 3.8) is 0 Å². The molecule has 1 aromatic carbocycles. The number of fused-ring (bicyclic) bond motifs is 3. The zero-order valence-corrected chi connectivity index (χ0v) is 16.2. The summed E-state index contributed by atoms with van der Waals surface area (Å²) >= 11 is 0. The third-order valence-electron chi connectivity index (χ3n) is 5.19. The Morgan fingerprint density at radius 3 is 2.81 bits per heavy atom. The number of carbonyl (C=O) groups is 2. The molecule has 1 aliphatic carbocycles. The van der Waals surface area contributed by atoms with Crippen molar-refractivity contribution >= 4 is 28.4 Å². The van der Waals surface area contributed by atoms with Crippen molar-refractivity contribution in [2.45, 2.75) is 52.1 Å². The highest BCUT2D eigenvalue weighted by molar-refractivity contribution is 6.03. The SMILES string of the molecule is CC(C)(C)OC(=O)N1CCC=C(c2ccc3[nH]c4c(c3c2)CCCC4=O)C1. The van der Waals surface area contributed by atoms with E-state index in [-0.39, 0.29) is 11.9 Å². The third-order valence-corrected chi connectivity index (χ3v) is 5.19. The van der Waals surface area contributed by atoms with Gasteiger partial charge < -0.3 is 14.6 Å². The number of hydrogen-bond acceptors (Lipinski definition) is 3. The Labute approximate surface area is 159 Å². The molecule has 27 heavy (non-hydrogen) atoms. The van der Waals surface area contributed by atoms with Crippen LogP contribution in [0.25, 0.3) is 16.5 Å². The van der Waals surface area contributed by atoms with Crippen LogP contribution in [0.5, 0.6) is 0 Å². The number of amides is 1. The van der Waals surface area contributed by atoms with Crippen molar-refractivity contribution in [2.24, 2.45) is 0 Å². The first kappa shape index (κ1) is 17.8. The number of aromatic amines is 1. The van der Waals surface area contributed by atoms with Crippen molar-refractivity contribution in [3.05, 3.63) is 41.1 Å². The Morgan fingerprint density at radius 1 is 1.22 bits per heavy atom. The maximum Gasteiger partial charge on any atom is 0.410 e. The second kappa shape index (κ2) is 6.55. The molecular formula is C22H26N2O3. The van der Waals surface area contributed by atoms with Gasteiger partial charge in [0.15, 0.2) is 5.78 Å². The minimum absolute atomic E-state index is 0.210. The summed E-state index contributed by atoms with van der Waals surface area (Å²) in [6, 6.07) is 6.27. The van der Waals surface area contributed by atoms with Gasteiger partial charge in [0, 0.05) is 30.4 Å². The molecule has 0 spiro atoms. The number of aryl methyl sites for hydroxylation is 1. The number of benzene rings is 1. The van der Waals surface area contributed by atoms with Gasteiger partial charge in [0.1, 0.15) is 5.60 Å². The van der Waals surface area contributed by atoms with Crippen molar-refractivity contribution in [1.82, 2.24) is 9.88 Å². The summed E-state index contributed by atoms with van der Waals surface area (Å²) in [5.74, 6) is 0.210. The van der Waals surface area contributed by atoms with Crippen LogP contribution >= 0.6 is 0 Å². The second-order valence-corrected chi connectivity index (χ2v) is 8.44. The third kappa shape index (κ3) is 3.51. The fraction of sp³-hybridized carbons (Fsp3) is 0.455. The van der Waals surface area contributed by atoms with Gasteiger partial charge in [-0.1, -0.05) is 12.1 Å². The van der Waals surface area contributed by atoms with Gasteiger partial charge in [-0.05, 0) is 68.9 Å². The molecule has 0 saturated carbocycles. The molecule has 1 N–H and O–H groups in total. The van der Waals surface area contributed by atoms with Crippen LogP contribution in [0, 0.1) is 0 Å². The molecule has 2 aromatic rings. The van der Waals surface area contributed by atoms with Crippen LogP contribution < -0.4 is 0 Å². The molecule has 142 valence electrons. The van der Waals surface area contributed by atoms with Crippen molar-refractivity contribution in [3.8, 4) is 0 Å². The minimum atomic E-state index is -0.492. The Kier molecular flexibility index (Phi) is 4.33. The highest BCUT2D eigenvalue weighted by Gasteiger charge is 2.26. The standard InChI is InChI=1S/C22H26N2O3/c1-22(2,3)27-21(26)24-11-5-6-15(13-24)14-9-10-18-17(12-14)16-7-4-8-19(25)20(16)23-18/h6,9-10,12,23H,4-5,7-8,11,13H2,1-3H3. The van der Waals surface area contributed by atoms with Gasteiger partial charge in [-0.3, -0.25) is 4.79 Å². The number of nitrogens with zero attached hydrogens (tertiary/aromatic N) is 1. The van der Waals surface area contributed by atoms with Gasteiger partial charge in [-0.25, -0.2) is 4.79 Å². The van der Waals surface area contributed by atoms with Gasteiger partial charge in [-0.2, -0.15) is 0 Å². The van der Waals surface area contributed by atoms with Gasteiger partial charge in [0.25, 0.3) is 0 Å². The molecular weight excluding hydrogens is 340 g/mol. The van der Waals surface area contributed by atoms with Crippen LogP contribution in [-0.2, 0) is 11.2 Å². The van der Waals surface area contributed by atoms with Gasteiger partial charge in [-0.15, -0.1) is 0 Å². The summed E-state index contributed by atoms with van der Waals surface area (Å²) in [6.07, 6.45) is 5.23. The maximum atomic E-state index is 12.4. The molecule has 5 heteroatoms. The summed E-state index contributed by atoms with van der Waals surface area (Å²) in [5, 5.41) is 1.13. The molecule has 0 unspecified atom stereocenters. The fourth-order valence-electron chi connectivity index (χ4n) is 3.93. The van der Waals surface area contributed by atoms with Crippen LogP contribution in [0.15, 0.2) is 24.3 Å². The Morgan fingerprint density at radius 2 is 2.04 bits per heavy atom. The Bertz CT molecular complexity index is 946. The van der Waals surface area contributed by atoms with Gasteiger partial charge in [0.2, 0.25) is 0 Å². The van der Waals surface area contributed by atoms with Crippen LogP contribution in [0.3, 0.4) is 0 Å². The lowest BCUT2D eigenvalue weighted by molar-refractivity contribution is 0.0273. The molecule has 2 aliphatic rings. The number of aromatic nitrogens is 1. The quantitative estimate of drug-likeness (QED) is 0.795. The summed E-state index contributed by atoms with van der Waals surface area (Å²) < 4.78 is 5.52. The van der Waals surface area contributed by atoms with E-state index < -0.39 is 5.60 Å². The average molecular weight is 366 g/mol. The number of carbonyl (C=O) groups excluding carboxylic acids is 2. The second-order valence-electron chi connectivity index (χ2n) is 8.44. The number of rotatable bonds is 1. The smallest absolute Gasteiger partial charge is 0.410 e. The summed E-state index contributed by atoms with van der Waals surface area (Å²) in [6.45, 7) is 6.88. The number of hydrogen-bond donors (Lipinski definition) is 1. The van der Waals surface area contributed by atoms with E-state index in [1.807, 2.05) is 26.8 Å². The number of Topliss-reactive ketones (excluding diaryl/α,β-unsaturated/α-hetero) is 1. The lowest BCUT2D eigenvalue weighted by Crippen LogP contribution is -2.39. The summed E-state index contributed by atoms with van der Waals surface area (Å²) in [4.78, 5) is 29.7. The average Bonchev–Trinajstić information content (AvgIpc) is 3.00. The van der Waals surface area contributed by atoms with E-state index in [1.165, 1.54) is 0 Å². The number of ether oxygens (including phenoxy) is 1. The molecule has 0 radical (unpaired) electrons. The first-order chi connectivity index (χ1) is 12.8. The number of H-pyrrole nitrogens is 1. The van der Waals surface area contributed by atoms with E-state index in [0.29, 0.717) is 19.5 Å². The van der Waals surface area contributed by atoms with E-state index in [1.54, 1.807) is 4.90 Å². The first-order valence-electron chi connectivity index (χ1n) is 9.67. The summed E-state index contributed by atoms with van der Waals surface area (Å²) in [7, 11) is 0. The minimum Gasteiger partial charge on any atom is -0.444 e. The predicted molar refractivity (Wildman–Crippen MR) is 106 cm³/mol. The lowest BCUT2D eigenvalue weighted by Gasteiger charge is -2.30. The highest BCUT2D eigenvalue weighted by Crippen LogP contribution is 2.32. The Hall–Kier alpha value is -2.56. The van der Waals surface area contributed by atoms with E-state index in [0.717, 1.165) is 52.6 Å². The van der Waals surface area contributed by atoms with Crippen molar-refractivity contribution in [1.29, 1.82) is 0 Å². The van der Waals surface area contributed by atoms with Gasteiger partial charge >= 0.3 is 6.09 Å². The fourth-order valence-corrected chi connectivity index (χ4v) is 3.93. The normalized spacial score (nSPS) is 17.7. The summed E-state index contributed by atoms with van der Waals surface area (Å²) in [5.41, 5.74) is 4.68. The topological polar surface area (TPSA) is 62.4 Å².